The Hall–Kier alpha value is -2.50. The van der Waals surface area contributed by atoms with Gasteiger partial charge in [-0.3, -0.25) is 9.48 Å². The van der Waals surface area contributed by atoms with Crippen LogP contribution in [0.4, 0.5) is 11.4 Å². The highest BCUT2D eigenvalue weighted by molar-refractivity contribution is 6.05. The lowest BCUT2D eigenvalue weighted by Gasteiger charge is -2.10. The quantitative estimate of drug-likeness (QED) is 0.821. The molecule has 0 aliphatic rings. The molecule has 0 aliphatic heterocycles. The molecule has 2 aromatic rings. The molecule has 0 atom stereocenters. The summed E-state index contributed by atoms with van der Waals surface area (Å²) in [5.74, 6) is 0.295. The molecule has 0 radical (unpaired) electrons. The number of amides is 1. The normalized spacial score (nSPS) is 10.3. The van der Waals surface area contributed by atoms with E-state index in [1.807, 2.05) is 6.92 Å². The topological polar surface area (TPSA) is 82.2 Å². The van der Waals surface area contributed by atoms with Crippen molar-refractivity contribution < 1.29 is 9.53 Å². The van der Waals surface area contributed by atoms with Crippen molar-refractivity contribution in [1.29, 1.82) is 0 Å². The zero-order valence-corrected chi connectivity index (χ0v) is 11.1. The molecule has 100 valence electrons. The fourth-order valence-corrected chi connectivity index (χ4v) is 1.72. The lowest BCUT2D eigenvalue weighted by molar-refractivity contribution is 0.102. The molecule has 6 heteroatoms. The summed E-state index contributed by atoms with van der Waals surface area (Å²) in [6.45, 7) is 1.84. The fraction of sp³-hybridized carbons (Fsp3) is 0.231. The molecule has 0 saturated carbocycles. The summed E-state index contributed by atoms with van der Waals surface area (Å²) < 4.78 is 6.83. The van der Waals surface area contributed by atoms with Gasteiger partial charge in [0, 0.05) is 24.5 Å². The van der Waals surface area contributed by atoms with E-state index in [1.165, 1.54) is 13.3 Å². The van der Waals surface area contributed by atoms with Crippen LogP contribution in [-0.4, -0.2) is 22.8 Å². The second kappa shape index (κ2) is 5.01. The largest absolute Gasteiger partial charge is 0.494 e. The van der Waals surface area contributed by atoms with Crippen LogP contribution in [0.2, 0.25) is 0 Å². The van der Waals surface area contributed by atoms with Crippen LogP contribution in [0.5, 0.6) is 5.75 Å². The van der Waals surface area contributed by atoms with E-state index in [0.717, 1.165) is 5.69 Å². The van der Waals surface area contributed by atoms with Gasteiger partial charge in [0.05, 0.1) is 24.6 Å². The summed E-state index contributed by atoms with van der Waals surface area (Å²) in [6, 6.07) is 5.07. The number of carbonyl (C=O) groups is 1. The molecular weight excluding hydrogens is 244 g/mol. The third-order valence-corrected chi connectivity index (χ3v) is 2.95. The predicted octanol–water partition coefficient (Wildman–Crippen LogP) is 1.57. The van der Waals surface area contributed by atoms with Gasteiger partial charge >= 0.3 is 0 Å². The Morgan fingerprint density at radius 1 is 1.47 bits per heavy atom. The van der Waals surface area contributed by atoms with Crippen molar-refractivity contribution >= 4 is 17.3 Å². The van der Waals surface area contributed by atoms with Gasteiger partial charge in [0.1, 0.15) is 5.75 Å². The van der Waals surface area contributed by atoms with Gasteiger partial charge in [-0.05, 0) is 19.1 Å². The molecule has 0 unspecified atom stereocenters. The van der Waals surface area contributed by atoms with E-state index in [-0.39, 0.29) is 5.91 Å². The van der Waals surface area contributed by atoms with Crippen molar-refractivity contribution in [2.75, 3.05) is 18.2 Å². The number of nitrogen functional groups attached to an aromatic ring is 1. The van der Waals surface area contributed by atoms with E-state index in [9.17, 15) is 4.79 Å². The molecule has 19 heavy (non-hydrogen) atoms. The number of aryl methyl sites for hydroxylation is 1. The van der Waals surface area contributed by atoms with Crippen LogP contribution >= 0.6 is 0 Å². The van der Waals surface area contributed by atoms with Crippen molar-refractivity contribution in [3.63, 3.8) is 0 Å². The number of nitrogens with one attached hydrogen (secondary N) is 1. The van der Waals surface area contributed by atoms with Gasteiger partial charge < -0.3 is 15.8 Å². The Morgan fingerprint density at radius 2 is 2.21 bits per heavy atom. The van der Waals surface area contributed by atoms with Crippen LogP contribution < -0.4 is 15.8 Å². The maximum Gasteiger partial charge on any atom is 0.259 e. The van der Waals surface area contributed by atoms with Crippen molar-refractivity contribution in [2.45, 2.75) is 6.92 Å². The molecule has 0 saturated heterocycles. The average Bonchev–Trinajstić information content (AvgIpc) is 2.72. The molecular formula is C13H16N4O2. The lowest BCUT2D eigenvalue weighted by atomic mass is 10.2. The summed E-state index contributed by atoms with van der Waals surface area (Å²) in [5, 5.41) is 6.83. The minimum atomic E-state index is -0.228. The van der Waals surface area contributed by atoms with Gasteiger partial charge in [-0.15, -0.1) is 0 Å². The van der Waals surface area contributed by atoms with E-state index in [4.69, 9.17) is 10.5 Å². The Balaban J connectivity index is 2.26. The molecule has 0 bridgehead atoms. The maximum atomic E-state index is 12.2. The van der Waals surface area contributed by atoms with E-state index < -0.39 is 0 Å². The number of nitrogens with two attached hydrogens (primary N) is 1. The van der Waals surface area contributed by atoms with Crippen LogP contribution in [0.25, 0.3) is 0 Å². The predicted molar refractivity (Wildman–Crippen MR) is 73.3 cm³/mol. The van der Waals surface area contributed by atoms with Crippen LogP contribution in [0.3, 0.4) is 0 Å². The van der Waals surface area contributed by atoms with E-state index in [1.54, 1.807) is 29.9 Å². The Morgan fingerprint density at radius 3 is 2.79 bits per heavy atom. The number of anilines is 2. The summed E-state index contributed by atoms with van der Waals surface area (Å²) >= 11 is 0. The fourth-order valence-electron chi connectivity index (χ4n) is 1.72. The molecule has 0 spiro atoms. The summed E-state index contributed by atoms with van der Waals surface area (Å²) in [4.78, 5) is 12.2. The number of hydrogen-bond acceptors (Lipinski definition) is 4. The minimum absolute atomic E-state index is 0.228. The number of ether oxygens (including phenoxy) is 1. The third-order valence-electron chi connectivity index (χ3n) is 2.95. The molecule has 6 nitrogen and oxygen atoms in total. The van der Waals surface area contributed by atoms with Gasteiger partial charge in [0.15, 0.2) is 0 Å². The first-order valence-electron chi connectivity index (χ1n) is 5.76. The highest BCUT2D eigenvalue weighted by Crippen LogP contribution is 2.27. The van der Waals surface area contributed by atoms with Crippen LogP contribution in [0.15, 0.2) is 24.4 Å². The first-order chi connectivity index (χ1) is 9.02. The van der Waals surface area contributed by atoms with Gasteiger partial charge in [-0.1, -0.05) is 0 Å². The number of benzene rings is 1. The summed E-state index contributed by atoms with van der Waals surface area (Å²) in [6.07, 6.45) is 1.54. The molecule has 1 aromatic heterocycles. The van der Waals surface area contributed by atoms with Crippen molar-refractivity contribution in [1.82, 2.24) is 9.78 Å². The zero-order valence-electron chi connectivity index (χ0n) is 11.1. The SMILES string of the molecule is COc1cc(N)ccc1NC(=O)c1cnn(C)c1C. The number of rotatable bonds is 3. The maximum absolute atomic E-state index is 12.2. The lowest BCUT2D eigenvalue weighted by Crippen LogP contribution is -2.13. The van der Waals surface area contributed by atoms with Crippen molar-refractivity contribution in [3.8, 4) is 5.75 Å². The minimum Gasteiger partial charge on any atom is -0.494 e. The first-order valence-corrected chi connectivity index (χ1v) is 5.76. The monoisotopic (exact) mass is 260 g/mol. The molecule has 2 rings (SSSR count). The van der Waals surface area contributed by atoms with Crippen molar-refractivity contribution in [3.05, 3.63) is 35.7 Å². The van der Waals surface area contributed by atoms with Gasteiger partial charge in [0.25, 0.3) is 5.91 Å². The van der Waals surface area contributed by atoms with Crippen LogP contribution in [-0.2, 0) is 7.05 Å². The van der Waals surface area contributed by atoms with E-state index in [2.05, 4.69) is 10.4 Å². The molecule has 0 fully saturated rings. The molecule has 1 heterocycles. The summed E-state index contributed by atoms with van der Waals surface area (Å²) in [5.41, 5.74) is 8.14. The zero-order chi connectivity index (χ0) is 14.0. The van der Waals surface area contributed by atoms with Crippen LogP contribution in [0.1, 0.15) is 16.1 Å². The average molecular weight is 260 g/mol. The molecule has 1 aromatic carbocycles. The Labute approximate surface area is 111 Å². The number of hydrogen-bond donors (Lipinski definition) is 2. The molecule has 1 amide bonds. The second-order valence-electron chi connectivity index (χ2n) is 4.18. The Kier molecular flexibility index (Phi) is 3.41. The number of carbonyl (C=O) groups excluding carboxylic acids is 1. The smallest absolute Gasteiger partial charge is 0.259 e. The Bertz CT molecular complexity index is 619. The first kappa shape index (κ1) is 12.9. The van der Waals surface area contributed by atoms with E-state index >= 15 is 0 Å². The van der Waals surface area contributed by atoms with Gasteiger partial charge in [0.2, 0.25) is 0 Å². The number of aromatic nitrogens is 2. The number of methoxy groups -OCH3 is 1. The highest BCUT2D eigenvalue weighted by Gasteiger charge is 2.14. The highest BCUT2D eigenvalue weighted by atomic mass is 16.5. The van der Waals surface area contributed by atoms with Gasteiger partial charge in [-0.2, -0.15) is 5.10 Å². The molecule has 3 N–H and O–H groups in total. The third kappa shape index (κ3) is 2.52. The van der Waals surface area contributed by atoms with Crippen molar-refractivity contribution in [2.24, 2.45) is 7.05 Å². The van der Waals surface area contributed by atoms with Crippen LogP contribution in [0, 0.1) is 6.92 Å². The standard InChI is InChI=1S/C13H16N4O2/c1-8-10(7-15-17(8)2)13(18)16-11-5-4-9(14)6-12(11)19-3/h4-7H,14H2,1-3H3,(H,16,18). The second-order valence-corrected chi connectivity index (χ2v) is 4.18. The summed E-state index contributed by atoms with van der Waals surface area (Å²) in [7, 11) is 3.32. The van der Waals surface area contributed by atoms with E-state index in [0.29, 0.717) is 22.7 Å². The molecule has 0 aliphatic carbocycles. The van der Waals surface area contributed by atoms with Gasteiger partial charge in [-0.25, -0.2) is 0 Å². The number of nitrogens with zero attached hydrogens (tertiary/aromatic N) is 2.